The highest BCUT2D eigenvalue weighted by atomic mass is 35.5. The summed E-state index contributed by atoms with van der Waals surface area (Å²) in [7, 11) is 0. The number of fused-ring (bicyclic) bond motifs is 1. The van der Waals surface area contributed by atoms with E-state index in [1.54, 1.807) is 17.1 Å². The molecular weight excluding hydrogens is 300 g/mol. The molecule has 1 aliphatic rings. The molecule has 4 rings (SSSR count). The topological polar surface area (TPSA) is 68.5 Å². The van der Waals surface area contributed by atoms with Crippen LogP contribution in [0.15, 0.2) is 54.9 Å². The summed E-state index contributed by atoms with van der Waals surface area (Å²) in [6.07, 6.45) is 5.60. The van der Waals surface area contributed by atoms with Crippen LogP contribution < -0.4 is 5.32 Å². The SMILES string of the molecule is Clc1ccc(C2C=C(c3ccncc3)Nc3nnnn32)cc1. The fourth-order valence-corrected chi connectivity index (χ4v) is 2.58. The molecule has 1 aromatic carbocycles. The second-order valence-electron chi connectivity index (χ2n) is 4.88. The number of aromatic nitrogens is 5. The second-order valence-corrected chi connectivity index (χ2v) is 5.32. The van der Waals surface area contributed by atoms with Crippen LogP contribution in [0.25, 0.3) is 5.70 Å². The van der Waals surface area contributed by atoms with Gasteiger partial charge in [-0.1, -0.05) is 28.8 Å². The van der Waals surface area contributed by atoms with Crippen molar-refractivity contribution in [2.75, 3.05) is 5.32 Å². The van der Waals surface area contributed by atoms with Crippen LogP contribution in [-0.4, -0.2) is 25.2 Å². The Kier molecular flexibility index (Phi) is 3.08. The molecule has 0 radical (unpaired) electrons. The molecule has 3 heterocycles. The smallest absolute Gasteiger partial charge is 0.248 e. The lowest BCUT2D eigenvalue weighted by molar-refractivity contribution is 0.586. The lowest BCUT2D eigenvalue weighted by Crippen LogP contribution is -2.20. The van der Waals surface area contributed by atoms with Crippen molar-refractivity contribution in [2.24, 2.45) is 0 Å². The number of hydrogen-bond acceptors (Lipinski definition) is 5. The lowest BCUT2D eigenvalue weighted by Gasteiger charge is -2.23. The summed E-state index contributed by atoms with van der Waals surface area (Å²) in [5.41, 5.74) is 3.04. The Balaban J connectivity index is 1.81. The van der Waals surface area contributed by atoms with Crippen LogP contribution in [0.5, 0.6) is 0 Å². The van der Waals surface area contributed by atoms with Crippen molar-refractivity contribution in [1.29, 1.82) is 0 Å². The van der Waals surface area contributed by atoms with Crippen molar-refractivity contribution in [3.63, 3.8) is 0 Å². The van der Waals surface area contributed by atoms with Gasteiger partial charge < -0.3 is 5.32 Å². The number of halogens is 1. The van der Waals surface area contributed by atoms with Gasteiger partial charge in [0.05, 0.1) is 0 Å². The van der Waals surface area contributed by atoms with Crippen LogP contribution in [0, 0.1) is 0 Å². The van der Waals surface area contributed by atoms with Gasteiger partial charge >= 0.3 is 0 Å². The highest BCUT2D eigenvalue weighted by Crippen LogP contribution is 2.31. The van der Waals surface area contributed by atoms with Gasteiger partial charge in [-0.25, -0.2) is 0 Å². The largest absolute Gasteiger partial charge is 0.323 e. The van der Waals surface area contributed by atoms with Gasteiger partial charge in [0.15, 0.2) is 0 Å². The quantitative estimate of drug-likeness (QED) is 0.788. The maximum absolute atomic E-state index is 5.97. The Morgan fingerprint density at radius 3 is 2.59 bits per heavy atom. The van der Waals surface area contributed by atoms with Crippen molar-refractivity contribution in [3.05, 3.63) is 71.0 Å². The van der Waals surface area contributed by atoms with E-state index in [1.807, 2.05) is 36.4 Å². The molecule has 6 nitrogen and oxygen atoms in total. The average molecular weight is 311 g/mol. The standard InChI is InChI=1S/C15H11ClN6/c16-12-3-1-11(2-4-12)14-9-13(10-5-7-17-8-6-10)18-15-19-20-21-22(14)15/h1-9,14H,(H,18,19,21). The fraction of sp³-hybridized carbons (Fsp3) is 0.0667. The molecule has 0 bridgehead atoms. The number of hydrogen-bond donors (Lipinski definition) is 1. The third-order valence-corrected chi connectivity index (χ3v) is 3.78. The molecule has 1 unspecified atom stereocenters. The van der Waals surface area contributed by atoms with Gasteiger partial charge in [-0.05, 0) is 46.3 Å². The highest BCUT2D eigenvalue weighted by Gasteiger charge is 2.24. The van der Waals surface area contributed by atoms with Gasteiger partial charge in [-0.2, -0.15) is 4.68 Å². The zero-order valence-electron chi connectivity index (χ0n) is 11.4. The Morgan fingerprint density at radius 1 is 1.05 bits per heavy atom. The monoisotopic (exact) mass is 310 g/mol. The zero-order chi connectivity index (χ0) is 14.9. The molecule has 22 heavy (non-hydrogen) atoms. The van der Waals surface area contributed by atoms with Gasteiger partial charge in [-0.3, -0.25) is 4.98 Å². The van der Waals surface area contributed by atoms with Crippen LogP contribution >= 0.6 is 11.6 Å². The normalized spacial score (nSPS) is 16.6. The van der Waals surface area contributed by atoms with Crippen LogP contribution in [0.2, 0.25) is 5.02 Å². The first kappa shape index (κ1) is 13.0. The number of pyridine rings is 1. The highest BCUT2D eigenvalue weighted by molar-refractivity contribution is 6.30. The van der Waals surface area contributed by atoms with Crippen LogP contribution in [0.1, 0.15) is 17.2 Å². The second kappa shape index (κ2) is 5.23. The van der Waals surface area contributed by atoms with E-state index in [0.29, 0.717) is 11.0 Å². The first-order chi connectivity index (χ1) is 10.8. The molecule has 0 fully saturated rings. The van der Waals surface area contributed by atoms with Crippen molar-refractivity contribution in [2.45, 2.75) is 6.04 Å². The third kappa shape index (κ3) is 2.23. The molecule has 0 amide bonds. The van der Waals surface area contributed by atoms with Gasteiger partial charge in [0.1, 0.15) is 6.04 Å². The molecule has 3 aromatic rings. The van der Waals surface area contributed by atoms with Crippen molar-refractivity contribution < 1.29 is 0 Å². The van der Waals surface area contributed by atoms with Crippen LogP contribution in [0.4, 0.5) is 5.95 Å². The van der Waals surface area contributed by atoms with Gasteiger partial charge in [0.2, 0.25) is 5.95 Å². The Bertz CT molecular complexity index is 825. The first-order valence-corrected chi connectivity index (χ1v) is 7.11. The fourth-order valence-electron chi connectivity index (χ4n) is 2.45. The van der Waals surface area contributed by atoms with Crippen LogP contribution in [0.3, 0.4) is 0 Å². The van der Waals surface area contributed by atoms with E-state index < -0.39 is 0 Å². The minimum absolute atomic E-state index is 0.0910. The van der Waals surface area contributed by atoms with E-state index in [9.17, 15) is 0 Å². The van der Waals surface area contributed by atoms with E-state index in [1.165, 1.54) is 0 Å². The lowest BCUT2D eigenvalue weighted by atomic mass is 10.0. The van der Waals surface area contributed by atoms with Gasteiger partial charge in [0.25, 0.3) is 0 Å². The van der Waals surface area contributed by atoms with Crippen molar-refractivity contribution in [1.82, 2.24) is 25.2 Å². The molecule has 0 aliphatic carbocycles. The molecule has 1 aliphatic heterocycles. The molecule has 1 N–H and O–H groups in total. The summed E-state index contributed by atoms with van der Waals surface area (Å²) in [4.78, 5) is 4.05. The molecule has 2 aromatic heterocycles. The summed E-state index contributed by atoms with van der Waals surface area (Å²) in [5.74, 6) is 0.606. The predicted octanol–water partition coefficient (Wildman–Crippen LogP) is 2.78. The van der Waals surface area contributed by atoms with Crippen molar-refractivity contribution in [3.8, 4) is 0 Å². The van der Waals surface area contributed by atoms with Gasteiger partial charge in [-0.15, -0.1) is 0 Å². The molecule has 0 saturated carbocycles. The number of anilines is 1. The number of nitrogens with one attached hydrogen (secondary N) is 1. The number of nitrogens with zero attached hydrogens (tertiary/aromatic N) is 5. The predicted molar refractivity (Wildman–Crippen MR) is 83.2 cm³/mol. The average Bonchev–Trinajstić information content (AvgIpc) is 3.04. The summed E-state index contributed by atoms with van der Waals surface area (Å²) >= 11 is 5.97. The maximum Gasteiger partial charge on any atom is 0.248 e. The van der Waals surface area contributed by atoms with E-state index in [4.69, 9.17) is 11.6 Å². The maximum atomic E-state index is 5.97. The van der Waals surface area contributed by atoms with Crippen molar-refractivity contribution >= 4 is 23.2 Å². The summed E-state index contributed by atoms with van der Waals surface area (Å²) in [6.45, 7) is 0. The van der Waals surface area contributed by atoms with Gasteiger partial charge in [0, 0.05) is 28.7 Å². The summed E-state index contributed by atoms with van der Waals surface area (Å²) in [6, 6.07) is 11.5. The Hall–Kier alpha value is -2.73. The number of tetrazole rings is 1. The van der Waals surface area contributed by atoms with E-state index >= 15 is 0 Å². The molecule has 7 heteroatoms. The van der Waals surface area contributed by atoms with E-state index in [0.717, 1.165) is 16.8 Å². The Labute approximate surface area is 131 Å². The zero-order valence-corrected chi connectivity index (χ0v) is 12.1. The molecule has 108 valence electrons. The molecular formula is C15H11ClN6. The summed E-state index contributed by atoms with van der Waals surface area (Å²) < 4.78 is 1.74. The number of allylic oxidation sites excluding steroid dienone is 1. The van der Waals surface area contributed by atoms with E-state index in [-0.39, 0.29) is 6.04 Å². The van der Waals surface area contributed by atoms with Crippen LogP contribution in [-0.2, 0) is 0 Å². The summed E-state index contributed by atoms with van der Waals surface area (Å²) in [5, 5.41) is 15.8. The minimum atomic E-state index is -0.0910. The number of rotatable bonds is 2. The molecule has 1 atom stereocenters. The number of benzene rings is 1. The van der Waals surface area contributed by atoms with E-state index in [2.05, 4.69) is 31.9 Å². The molecule has 0 spiro atoms. The Morgan fingerprint density at radius 2 is 1.82 bits per heavy atom. The minimum Gasteiger partial charge on any atom is -0.323 e. The molecule has 0 saturated heterocycles. The first-order valence-electron chi connectivity index (χ1n) is 6.74. The third-order valence-electron chi connectivity index (χ3n) is 3.53.